The summed E-state index contributed by atoms with van der Waals surface area (Å²) in [6.45, 7) is 6.89. The molecule has 0 aromatic rings. The number of rotatable bonds is 5. The van der Waals surface area contributed by atoms with Crippen molar-refractivity contribution in [1.29, 1.82) is 0 Å². The zero-order valence-electron chi connectivity index (χ0n) is 14.6. The number of nitrogens with zero attached hydrogens (tertiary/aromatic N) is 1. The van der Waals surface area contributed by atoms with Crippen LogP contribution in [-0.2, 0) is 24.2 Å². The molecule has 0 aliphatic carbocycles. The first-order valence-electron chi connectivity index (χ1n) is 7.08. The van der Waals surface area contributed by atoms with Gasteiger partial charge in [0, 0.05) is 6.92 Å². The van der Waals surface area contributed by atoms with Gasteiger partial charge < -0.3 is 10.4 Å². The van der Waals surface area contributed by atoms with Gasteiger partial charge in [-0.25, -0.2) is 9.79 Å². The SMILES string of the molecule is CCCC(C)C1(CC)C(=O)N=C([O-])NC1=O.COOC(C)=O.[Na+]. The quantitative estimate of drug-likeness (QED) is 0.252. The van der Waals surface area contributed by atoms with Crippen LogP contribution in [0, 0.1) is 11.3 Å². The number of hydrogen-bond donors (Lipinski definition) is 1. The molecule has 2 unspecified atom stereocenters. The van der Waals surface area contributed by atoms with E-state index >= 15 is 0 Å². The van der Waals surface area contributed by atoms with E-state index in [2.05, 4.69) is 20.1 Å². The molecular formula is C14H23N2NaO6. The van der Waals surface area contributed by atoms with E-state index in [0.717, 1.165) is 12.8 Å². The van der Waals surface area contributed by atoms with Crippen molar-refractivity contribution in [2.45, 2.75) is 47.0 Å². The van der Waals surface area contributed by atoms with Gasteiger partial charge in [0.2, 0.25) is 5.91 Å². The fraction of sp³-hybridized carbons (Fsp3) is 0.714. The second-order valence-electron chi connectivity index (χ2n) is 4.93. The van der Waals surface area contributed by atoms with Crippen LogP contribution in [0.25, 0.3) is 0 Å². The first-order chi connectivity index (χ1) is 10.3. The third-order valence-corrected chi connectivity index (χ3v) is 3.53. The average Bonchev–Trinajstić information content (AvgIpc) is 2.39. The van der Waals surface area contributed by atoms with Gasteiger partial charge in [-0.15, -0.1) is 0 Å². The van der Waals surface area contributed by atoms with Crippen molar-refractivity contribution in [1.82, 2.24) is 5.32 Å². The Bertz CT molecular complexity index is 455. The second-order valence-corrected chi connectivity index (χ2v) is 4.93. The van der Waals surface area contributed by atoms with Gasteiger partial charge in [-0.2, -0.15) is 4.89 Å². The van der Waals surface area contributed by atoms with E-state index in [0.29, 0.717) is 6.42 Å². The Kier molecular flexibility index (Phi) is 12.2. The zero-order chi connectivity index (χ0) is 17.3. The fourth-order valence-electron chi connectivity index (χ4n) is 2.42. The largest absolute Gasteiger partial charge is 1.00 e. The average molecular weight is 338 g/mol. The topological polar surface area (TPSA) is 117 Å². The zero-order valence-corrected chi connectivity index (χ0v) is 16.6. The third-order valence-electron chi connectivity index (χ3n) is 3.53. The van der Waals surface area contributed by atoms with Crippen LogP contribution in [0.2, 0.25) is 0 Å². The van der Waals surface area contributed by atoms with E-state index in [4.69, 9.17) is 0 Å². The molecule has 0 saturated heterocycles. The van der Waals surface area contributed by atoms with Gasteiger partial charge in [0.05, 0.1) is 13.1 Å². The molecule has 1 N–H and O–H groups in total. The summed E-state index contributed by atoms with van der Waals surface area (Å²) in [5.41, 5.74) is -1.15. The first-order valence-corrected chi connectivity index (χ1v) is 7.08. The van der Waals surface area contributed by atoms with Gasteiger partial charge in [0.25, 0.3) is 5.91 Å². The third kappa shape index (κ3) is 6.58. The molecule has 1 aliphatic heterocycles. The molecule has 1 aliphatic rings. The molecule has 9 heteroatoms. The van der Waals surface area contributed by atoms with Crippen molar-refractivity contribution < 1.29 is 58.8 Å². The minimum absolute atomic E-state index is 0. The van der Waals surface area contributed by atoms with Crippen LogP contribution < -0.4 is 40.0 Å². The summed E-state index contributed by atoms with van der Waals surface area (Å²) in [5, 5.41) is 13.1. The van der Waals surface area contributed by atoms with Crippen LogP contribution >= 0.6 is 0 Å². The summed E-state index contributed by atoms with van der Waals surface area (Å²) in [6.07, 6.45) is 2.02. The molecule has 23 heavy (non-hydrogen) atoms. The minimum atomic E-state index is -1.15. The van der Waals surface area contributed by atoms with Crippen LogP contribution in [0.5, 0.6) is 0 Å². The molecule has 2 amide bonds. The Morgan fingerprint density at radius 1 is 1.39 bits per heavy atom. The number of aliphatic imine (C=N–C) groups is 1. The number of amides is 2. The molecule has 0 radical (unpaired) electrons. The van der Waals surface area contributed by atoms with Crippen LogP contribution in [0.15, 0.2) is 4.99 Å². The molecule has 1 rings (SSSR count). The van der Waals surface area contributed by atoms with Gasteiger partial charge in [-0.05, 0) is 18.8 Å². The number of nitrogens with one attached hydrogen (secondary N) is 1. The summed E-state index contributed by atoms with van der Waals surface area (Å²) < 4.78 is 0. The molecule has 0 aromatic carbocycles. The molecule has 0 fully saturated rings. The summed E-state index contributed by atoms with van der Waals surface area (Å²) in [4.78, 5) is 44.6. The molecule has 2 atom stereocenters. The summed E-state index contributed by atoms with van der Waals surface area (Å²) in [5.74, 6) is -1.63. The Morgan fingerprint density at radius 3 is 2.26 bits per heavy atom. The maximum absolute atomic E-state index is 11.9. The van der Waals surface area contributed by atoms with Crippen molar-refractivity contribution in [3.8, 4) is 0 Å². The van der Waals surface area contributed by atoms with E-state index in [1.54, 1.807) is 6.92 Å². The molecule has 8 nitrogen and oxygen atoms in total. The second kappa shape index (κ2) is 11.6. The number of amidine groups is 1. The van der Waals surface area contributed by atoms with Crippen molar-refractivity contribution in [3.63, 3.8) is 0 Å². The fourth-order valence-corrected chi connectivity index (χ4v) is 2.42. The molecule has 1 heterocycles. The van der Waals surface area contributed by atoms with Crippen molar-refractivity contribution >= 4 is 23.8 Å². The predicted molar refractivity (Wildman–Crippen MR) is 76.2 cm³/mol. The van der Waals surface area contributed by atoms with E-state index in [1.165, 1.54) is 14.0 Å². The monoisotopic (exact) mass is 338 g/mol. The predicted octanol–water partition coefficient (Wildman–Crippen LogP) is -2.69. The summed E-state index contributed by atoms with van der Waals surface area (Å²) >= 11 is 0. The Hall–Kier alpha value is -0.960. The Balaban J connectivity index is 0. The number of carbonyl (C=O) groups is 3. The van der Waals surface area contributed by atoms with Gasteiger partial charge >= 0.3 is 35.5 Å². The van der Waals surface area contributed by atoms with Gasteiger partial charge in [-0.1, -0.05) is 27.2 Å². The van der Waals surface area contributed by atoms with Gasteiger partial charge in [0.15, 0.2) is 0 Å². The van der Waals surface area contributed by atoms with Crippen LogP contribution in [0.4, 0.5) is 0 Å². The maximum Gasteiger partial charge on any atom is 1.00 e. The van der Waals surface area contributed by atoms with Crippen molar-refractivity contribution in [2.24, 2.45) is 16.3 Å². The van der Waals surface area contributed by atoms with Crippen molar-refractivity contribution in [3.05, 3.63) is 0 Å². The minimum Gasteiger partial charge on any atom is -0.846 e. The Labute approximate surface area is 158 Å². The van der Waals surface area contributed by atoms with Crippen molar-refractivity contribution in [2.75, 3.05) is 7.11 Å². The normalized spacial score (nSPS) is 21.0. The Morgan fingerprint density at radius 2 is 1.96 bits per heavy atom. The van der Waals surface area contributed by atoms with E-state index in [9.17, 15) is 19.5 Å². The van der Waals surface area contributed by atoms with E-state index < -0.39 is 29.2 Å². The standard InChI is InChI=1S/C11H18N2O3.C3H6O3.Na/c1-4-6-7(3)11(5-2)8(14)12-10(16)13-9(11)15;1-3(4)6-5-2;/h7H,4-6H2,1-3H3,(H2,12,13,14,15,16);1-2H3;/q;;+1/p-1. The van der Waals surface area contributed by atoms with Gasteiger partial charge in [0.1, 0.15) is 5.41 Å². The molecule has 0 saturated carbocycles. The molecule has 0 spiro atoms. The number of carbonyl (C=O) groups excluding carboxylic acids is 3. The van der Waals surface area contributed by atoms with Gasteiger partial charge in [-0.3, -0.25) is 14.5 Å². The van der Waals surface area contributed by atoms with E-state index in [-0.39, 0.29) is 35.5 Å². The smallest absolute Gasteiger partial charge is 0.846 e. The molecule has 0 aromatic heterocycles. The van der Waals surface area contributed by atoms with Crippen LogP contribution in [-0.4, -0.2) is 30.9 Å². The number of hydrogen-bond acceptors (Lipinski definition) is 6. The summed E-state index contributed by atoms with van der Waals surface area (Å²) in [6, 6.07) is -0.845. The summed E-state index contributed by atoms with van der Waals surface area (Å²) in [7, 11) is 1.28. The van der Waals surface area contributed by atoms with Crippen LogP contribution in [0.3, 0.4) is 0 Å². The molecule has 126 valence electrons. The molecule has 0 bridgehead atoms. The van der Waals surface area contributed by atoms with Crippen LogP contribution in [0.1, 0.15) is 47.0 Å². The van der Waals surface area contributed by atoms with E-state index in [1.807, 2.05) is 13.8 Å². The first kappa shape index (κ1) is 24.3. The maximum atomic E-state index is 11.9. The molecular weight excluding hydrogens is 315 g/mol.